The molecule has 1 N–H and O–H groups in total. The quantitative estimate of drug-likeness (QED) is 0.684. The summed E-state index contributed by atoms with van der Waals surface area (Å²) in [6.07, 6.45) is 4.39. The molecule has 9 nitrogen and oxygen atoms in total. The van der Waals surface area contributed by atoms with Crippen molar-refractivity contribution in [2.24, 2.45) is 13.0 Å². The van der Waals surface area contributed by atoms with Gasteiger partial charge in [-0.25, -0.2) is 8.42 Å². The zero-order chi connectivity index (χ0) is 20.5. The Morgan fingerprint density at radius 1 is 1.36 bits per heavy atom. The highest BCUT2D eigenvalue weighted by molar-refractivity contribution is 9.10. The summed E-state index contributed by atoms with van der Waals surface area (Å²) in [5.41, 5.74) is 1.48. The number of nitrogens with zero attached hydrogens (tertiary/aromatic N) is 5. The second kappa shape index (κ2) is 8.34. The van der Waals surface area contributed by atoms with Crippen molar-refractivity contribution in [1.29, 1.82) is 0 Å². The van der Waals surface area contributed by atoms with Crippen LogP contribution in [-0.2, 0) is 35.0 Å². The lowest BCUT2D eigenvalue weighted by molar-refractivity contribution is -0.126. The smallest absolute Gasteiger partial charge is 0.246 e. The van der Waals surface area contributed by atoms with E-state index in [0.717, 1.165) is 10.2 Å². The van der Waals surface area contributed by atoms with E-state index in [9.17, 15) is 13.2 Å². The van der Waals surface area contributed by atoms with Gasteiger partial charge < -0.3 is 5.32 Å². The van der Waals surface area contributed by atoms with E-state index >= 15 is 0 Å². The van der Waals surface area contributed by atoms with Crippen molar-refractivity contribution >= 4 is 31.9 Å². The third-order valence-corrected chi connectivity index (χ3v) is 7.82. The van der Waals surface area contributed by atoms with Gasteiger partial charge in [-0.15, -0.1) is 0 Å². The van der Waals surface area contributed by atoms with E-state index in [-0.39, 0.29) is 23.3 Å². The molecular formula is C17H25BrN6O3S. The van der Waals surface area contributed by atoms with Crippen LogP contribution in [0, 0.1) is 12.8 Å². The Bertz CT molecular complexity index is 968. The molecule has 3 rings (SSSR count). The molecule has 0 aliphatic carbocycles. The van der Waals surface area contributed by atoms with Gasteiger partial charge >= 0.3 is 0 Å². The molecule has 1 fully saturated rings. The number of rotatable bonds is 6. The van der Waals surface area contributed by atoms with Crippen molar-refractivity contribution in [2.75, 3.05) is 13.1 Å². The van der Waals surface area contributed by atoms with Gasteiger partial charge in [0.15, 0.2) is 0 Å². The molecule has 1 atom stereocenters. The zero-order valence-corrected chi connectivity index (χ0v) is 18.6. The van der Waals surface area contributed by atoms with Gasteiger partial charge in [0, 0.05) is 26.7 Å². The molecule has 1 saturated heterocycles. The van der Waals surface area contributed by atoms with Gasteiger partial charge in [0.2, 0.25) is 15.9 Å². The second-order valence-corrected chi connectivity index (χ2v) is 9.65. The molecule has 0 saturated carbocycles. The number of hydrogen-bond acceptors (Lipinski definition) is 5. The summed E-state index contributed by atoms with van der Waals surface area (Å²) in [4.78, 5) is 12.9. The molecule has 1 aliphatic rings. The van der Waals surface area contributed by atoms with Gasteiger partial charge in [-0.3, -0.25) is 14.2 Å². The van der Waals surface area contributed by atoms with Crippen molar-refractivity contribution in [2.45, 2.75) is 44.7 Å². The minimum absolute atomic E-state index is 0.140. The Morgan fingerprint density at radius 2 is 2.11 bits per heavy atom. The van der Waals surface area contributed by atoms with E-state index in [0.29, 0.717) is 38.2 Å². The lowest BCUT2D eigenvalue weighted by Crippen LogP contribution is -2.45. The first kappa shape index (κ1) is 21.0. The van der Waals surface area contributed by atoms with Gasteiger partial charge in [0.1, 0.15) is 4.90 Å². The first-order valence-electron chi connectivity index (χ1n) is 9.22. The normalized spacial score (nSPS) is 18.4. The van der Waals surface area contributed by atoms with Crippen molar-refractivity contribution in [3.63, 3.8) is 0 Å². The summed E-state index contributed by atoms with van der Waals surface area (Å²) < 4.78 is 31.6. The largest absolute Gasteiger partial charge is 0.350 e. The highest BCUT2D eigenvalue weighted by atomic mass is 79.9. The van der Waals surface area contributed by atoms with Gasteiger partial charge in [-0.1, -0.05) is 0 Å². The highest BCUT2D eigenvalue weighted by Crippen LogP contribution is 2.25. The molecule has 11 heteroatoms. The van der Waals surface area contributed by atoms with E-state index < -0.39 is 10.0 Å². The minimum atomic E-state index is -3.67. The van der Waals surface area contributed by atoms with Gasteiger partial charge in [-0.05, 0) is 42.6 Å². The molecule has 0 spiro atoms. The van der Waals surface area contributed by atoms with Gasteiger partial charge in [-0.2, -0.15) is 14.5 Å². The van der Waals surface area contributed by atoms with Gasteiger partial charge in [0.25, 0.3) is 0 Å². The van der Waals surface area contributed by atoms with Crippen LogP contribution in [0.5, 0.6) is 0 Å². The molecule has 1 aliphatic heterocycles. The van der Waals surface area contributed by atoms with Crippen LogP contribution in [0.3, 0.4) is 0 Å². The highest BCUT2D eigenvalue weighted by Gasteiger charge is 2.35. The predicted octanol–water partition coefficient (Wildman–Crippen LogP) is 1.42. The summed E-state index contributed by atoms with van der Waals surface area (Å²) in [5, 5.41) is 11.2. The van der Waals surface area contributed by atoms with Gasteiger partial charge in [0.05, 0.1) is 40.7 Å². The van der Waals surface area contributed by atoms with E-state index in [1.807, 2.05) is 11.6 Å². The summed E-state index contributed by atoms with van der Waals surface area (Å²) in [5.74, 6) is -0.518. The Kier molecular flexibility index (Phi) is 6.25. The van der Waals surface area contributed by atoms with Crippen LogP contribution in [0.25, 0.3) is 0 Å². The van der Waals surface area contributed by atoms with Crippen LogP contribution in [-0.4, -0.2) is 51.3 Å². The molecular weight excluding hydrogens is 448 g/mol. The number of amides is 1. The number of sulfonamides is 1. The monoisotopic (exact) mass is 472 g/mol. The van der Waals surface area contributed by atoms with E-state index in [2.05, 4.69) is 31.4 Å². The third-order valence-electron chi connectivity index (χ3n) is 5.19. The van der Waals surface area contributed by atoms with E-state index in [1.165, 1.54) is 15.2 Å². The fourth-order valence-electron chi connectivity index (χ4n) is 3.40. The van der Waals surface area contributed by atoms with Crippen LogP contribution < -0.4 is 5.32 Å². The maximum atomic E-state index is 13.0. The first-order valence-corrected chi connectivity index (χ1v) is 11.5. The van der Waals surface area contributed by atoms with Crippen LogP contribution in [0.4, 0.5) is 0 Å². The summed E-state index contributed by atoms with van der Waals surface area (Å²) in [6.45, 7) is 5.35. The maximum Gasteiger partial charge on any atom is 0.246 e. The summed E-state index contributed by atoms with van der Waals surface area (Å²) in [6, 6.07) is 0. The SMILES string of the molecule is CCn1ncc(Br)c1CNC(=O)[C@@H]1CCCN(S(=O)(=O)c2cnn(C)c2C)C1. The van der Waals surface area contributed by atoms with Crippen LogP contribution in [0.2, 0.25) is 0 Å². The van der Waals surface area contributed by atoms with Crippen LogP contribution in [0.1, 0.15) is 31.2 Å². The third kappa shape index (κ3) is 4.01. The lowest BCUT2D eigenvalue weighted by Gasteiger charge is -2.31. The summed E-state index contributed by atoms with van der Waals surface area (Å²) in [7, 11) is -1.96. The standard InChI is InChI=1S/C17H25BrN6O3S/c1-4-24-15(14(18)8-21-24)9-19-17(25)13-6-5-7-23(11-13)28(26,27)16-10-20-22(3)12(16)2/h8,10,13H,4-7,9,11H2,1-3H3,(H,19,25)/t13-/m1/s1. The predicted molar refractivity (Wildman–Crippen MR) is 107 cm³/mol. The number of hydrogen-bond donors (Lipinski definition) is 1. The number of nitrogens with one attached hydrogen (secondary N) is 1. The van der Waals surface area contributed by atoms with Crippen molar-refractivity contribution in [3.8, 4) is 0 Å². The average molecular weight is 473 g/mol. The Morgan fingerprint density at radius 3 is 2.75 bits per heavy atom. The lowest BCUT2D eigenvalue weighted by atomic mass is 9.99. The van der Waals surface area contributed by atoms with E-state index in [1.54, 1.807) is 20.2 Å². The molecule has 28 heavy (non-hydrogen) atoms. The molecule has 1 amide bonds. The number of piperidine rings is 1. The molecule has 3 heterocycles. The molecule has 2 aromatic heterocycles. The molecule has 0 unspecified atom stereocenters. The fraction of sp³-hybridized carbons (Fsp3) is 0.588. The molecule has 0 aromatic carbocycles. The molecule has 154 valence electrons. The molecule has 0 bridgehead atoms. The number of aromatic nitrogens is 4. The number of halogens is 1. The molecule has 2 aromatic rings. The van der Waals surface area contributed by atoms with Crippen molar-refractivity contribution < 1.29 is 13.2 Å². The minimum Gasteiger partial charge on any atom is -0.350 e. The Labute approximate surface area is 173 Å². The maximum absolute atomic E-state index is 13.0. The number of carbonyl (C=O) groups is 1. The van der Waals surface area contributed by atoms with Crippen LogP contribution in [0.15, 0.2) is 21.8 Å². The first-order chi connectivity index (χ1) is 13.3. The topological polar surface area (TPSA) is 102 Å². The van der Waals surface area contributed by atoms with Crippen molar-refractivity contribution in [3.05, 3.63) is 28.3 Å². The second-order valence-electron chi connectivity index (χ2n) is 6.89. The number of aryl methyl sites for hydroxylation is 2. The Hall–Kier alpha value is -1.72. The Balaban J connectivity index is 1.68. The average Bonchev–Trinajstić information content (AvgIpc) is 3.22. The summed E-state index contributed by atoms with van der Waals surface area (Å²) >= 11 is 3.44. The number of carbonyl (C=O) groups excluding carboxylic acids is 1. The fourth-order valence-corrected chi connectivity index (χ4v) is 5.54. The van der Waals surface area contributed by atoms with Crippen molar-refractivity contribution in [1.82, 2.24) is 29.2 Å². The van der Waals surface area contributed by atoms with Crippen LogP contribution >= 0.6 is 15.9 Å². The van der Waals surface area contributed by atoms with E-state index in [4.69, 9.17) is 0 Å². The molecule has 0 radical (unpaired) electrons. The zero-order valence-electron chi connectivity index (χ0n) is 16.2.